The van der Waals surface area contributed by atoms with E-state index in [4.69, 9.17) is 4.74 Å². The van der Waals surface area contributed by atoms with Crippen LogP contribution >= 0.6 is 27.3 Å². The second-order valence-electron chi connectivity index (χ2n) is 6.29. The van der Waals surface area contributed by atoms with E-state index < -0.39 is 0 Å². The number of methoxy groups -OCH3 is 1. The molecule has 0 unspecified atom stereocenters. The third kappa shape index (κ3) is 3.53. The number of fused-ring (bicyclic) bond motifs is 1. The van der Waals surface area contributed by atoms with Crippen LogP contribution in [0.1, 0.15) is 26.4 Å². The van der Waals surface area contributed by atoms with E-state index in [9.17, 15) is 9.59 Å². The highest BCUT2D eigenvalue weighted by atomic mass is 79.9. The van der Waals surface area contributed by atoms with Gasteiger partial charge in [0.2, 0.25) is 0 Å². The fraction of sp³-hybridized carbons (Fsp3) is 0.0909. The van der Waals surface area contributed by atoms with Crippen LogP contribution < -0.4 is 4.74 Å². The molecule has 0 fully saturated rings. The monoisotopic (exact) mass is 453 g/mol. The van der Waals surface area contributed by atoms with Gasteiger partial charge in [-0.2, -0.15) is 0 Å². The molecule has 0 saturated carbocycles. The van der Waals surface area contributed by atoms with Crippen molar-refractivity contribution in [3.05, 3.63) is 86.0 Å². The van der Waals surface area contributed by atoms with Crippen molar-refractivity contribution in [2.24, 2.45) is 0 Å². The Hall–Kier alpha value is -2.70. The van der Waals surface area contributed by atoms with Crippen LogP contribution in [0.3, 0.4) is 0 Å². The standard InChI is InChI=1S/C22H16BrNO3S/c1-27-15-8-6-14(7-9-15)13-24-21(25)18-5-3-2-4-17(18)19(22(24)26)12-16-10-11-20(23)28-16/h2-12H,13H2,1H3/b19-12+. The summed E-state index contributed by atoms with van der Waals surface area (Å²) in [6.07, 6.45) is 1.85. The Balaban J connectivity index is 1.75. The predicted octanol–water partition coefficient (Wildman–Crippen LogP) is 5.24. The molecule has 0 radical (unpaired) electrons. The maximum atomic E-state index is 13.2. The first-order valence-corrected chi connectivity index (χ1v) is 10.2. The summed E-state index contributed by atoms with van der Waals surface area (Å²) in [7, 11) is 1.60. The number of imide groups is 1. The summed E-state index contributed by atoms with van der Waals surface area (Å²) in [6, 6.07) is 18.5. The summed E-state index contributed by atoms with van der Waals surface area (Å²) in [5.74, 6) is 0.166. The molecule has 2 heterocycles. The van der Waals surface area contributed by atoms with Gasteiger partial charge in [-0.25, -0.2) is 0 Å². The lowest BCUT2D eigenvalue weighted by atomic mass is 9.92. The van der Waals surface area contributed by atoms with Crippen molar-refractivity contribution >= 4 is 50.7 Å². The minimum atomic E-state index is -0.288. The van der Waals surface area contributed by atoms with Gasteiger partial charge in [-0.3, -0.25) is 14.5 Å². The van der Waals surface area contributed by atoms with E-state index in [1.165, 1.54) is 16.2 Å². The van der Waals surface area contributed by atoms with Crippen molar-refractivity contribution in [2.45, 2.75) is 6.54 Å². The minimum absolute atomic E-state index is 0.210. The predicted molar refractivity (Wildman–Crippen MR) is 114 cm³/mol. The first-order chi connectivity index (χ1) is 13.6. The fourth-order valence-corrected chi connectivity index (χ4v) is 4.51. The summed E-state index contributed by atoms with van der Waals surface area (Å²) < 4.78 is 6.16. The average Bonchev–Trinajstić information content (AvgIpc) is 3.14. The van der Waals surface area contributed by atoms with Gasteiger partial charge in [0, 0.05) is 16.0 Å². The maximum absolute atomic E-state index is 13.2. The van der Waals surface area contributed by atoms with Crippen molar-refractivity contribution in [3.8, 4) is 5.75 Å². The highest BCUT2D eigenvalue weighted by Crippen LogP contribution is 2.33. The molecule has 140 valence electrons. The molecule has 0 bridgehead atoms. The zero-order valence-corrected chi connectivity index (χ0v) is 17.4. The number of benzene rings is 2. The van der Waals surface area contributed by atoms with E-state index in [0.717, 1.165) is 20.0 Å². The Kier molecular flexibility index (Phi) is 5.15. The SMILES string of the molecule is COc1ccc(CN2C(=O)/C(=C/c3ccc(Br)s3)c3ccccc3C2=O)cc1. The molecule has 2 amide bonds. The zero-order chi connectivity index (χ0) is 19.7. The molecular weight excluding hydrogens is 438 g/mol. The summed E-state index contributed by atoms with van der Waals surface area (Å²) in [5.41, 5.74) is 2.60. The summed E-state index contributed by atoms with van der Waals surface area (Å²) in [5, 5.41) is 0. The van der Waals surface area contributed by atoms with Gasteiger partial charge in [0.15, 0.2) is 0 Å². The molecule has 6 heteroatoms. The number of hydrogen-bond acceptors (Lipinski definition) is 4. The van der Waals surface area contributed by atoms with Crippen molar-refractivity contribution in [1.82, 2.24) is 4.90 Å². The average molecular weight is 454 g/mol. The number of hydrogen-bond donors (Lipinski definition) is 0. The highest BCUT2D eigenvalue weighted by molar-refractivity contribution is 9.11. The number of amides is 2. The van der Waals surface area contributed by atoms with Gasteiger partial charge in [-0.1, -0.05) is 30.3 Å². The quantitative estimate of drug-likeness (QED) is 0.400. The topological polar surface area (TPSA) is 46.6 Å². The van der Waals surface area contributed by atoms with Gasteiger partial charge in [0.05, 0.1) is 17.4 Å². The lowest BCUT2D eigenvalue weighted by molar-refractivity contribution is -0.123. The molecule has 3 aromatic rings. The lowest BCUT2D eigenvalue weighted by Crippen LogP contribution is -2.41. The van der Waals surface area contributed by atoms with Gasteiger partial charge < -0.3 is 4.74 Å². The molecular formula is C22H16BrNO3S. The van der Waals surface area contributed by atoms with Gasteiger partial charge in [-0.15, -0.1) is 11.3 Å². The Morgan fingerprint density at radius 2 is 1.68 bits per heavy atom. The summed E-state index contributed by atoms with van der Waals surface area (Å²) >= 11 is 4.99. The van der Waals surface area contributed by atoms with Crippen molar-refractivity contribution in [2.75, 3.05) is 7.11 Å². The molecule has 2 aromatic carbocycles. The van der Waals surface area contributed by atoms with Crippen LogP contribution in [0.5, 0.6) is 5.75 Å². The summed E-state index contributed by atoms with van der Waals surface area (Å²) in [4.78, 5) is 28.5. The van der Waals surface area contributed by atoms with Gasteiger partial charge in [-0.05, 0) is 63.5 Å². The van der Waals surface area contributed by atoms with Gasteiger partial charge in [0.1, 0.15) is 5.75 Å². The van der Waals surface area contributed by atoms with E-state index in [1.54, 1.807) is 13.2 Å². The second kappa shape index (κ2) is 7.73. The third-order valence-corrected chi connectivity index (χ3v) is 6.12. The Morgan fingerprint density at radius 3 is 2.32 bits per heavy atom. The number of carbonyl (C=O) groups is 2. The van der Waals surface area contributed by atoms with Gasteiger partial charge in [0.25, 0.3) is 11.8 Å². The summed E-state index contributed by atoms with van der Waals surface area (Å²) in [6.45, 7) is 0.210. The Bertz CT molecular complexity index is 1090. The Morgan fingerprint density at radius 1 is 0.964 bits per heavy atom. The molecule has 1 aliphatic heterocycles. The smallest absolute Gasteiger partial charge is 0.261 e. The van der Waals surface area contributed by atoms with E-state index in [1.807, 2.05) is 60.7 Å². The fourth-order valence-electron chi connectivity index (χ4n) is 3.15. The maximum Gasteiger partial charge on any atom is 0.261 e. The normalized spacial score (nSPS) is 15.1. The van der Waals surface area contributed by atoms with Crippen molar-refractivity contribution < 1.29 is 14.3 Å². The van der Waals surface area contributed by atoms with Crippen molar-refractivity contribution in [1.29, 1.82) is 0 Å². The first-order valence-electron chi connectivity index (χ1n) is 8.62. The van der Waals surface area contributed by atoms with Crippen LogP contribution in [0.2, 0.25) is 0 Å². The van der Waals surface area contributed by atoms with E-state index >= 15 is 0 Å². The molecule has 0 N–H and O–H groups in total. The van der Waals surface area contributed by atoms with Crippen molar-refractivity contribution in [3.63, 3.8) is 0 Å². The molecule has 0 saturated heterocycles. The van der Waals surface area contributed by atoms with E-state index in [-0.39, 0.29) is 18.4 Å². The zero-order valence-electron chi connectivity index (χ0n) is 15.0. The minimum Gasteiger partial charge on any atom is -0.497 e. The van der Waals surface area contributed by atoms with Crippen LogP contribution in [-0.2, 0) is 11.3 Å². The number of nitrogens with zero attached hydrogens (tertiary/aromatic N) is 1. The number of rotatable bonds is 4. The molecule has 4 nitrogen and oxygen atoms in total. The van der Waals surface area contributed by atoms with Crippen LogP contribution in [0.25, 0.3) is 11.6 Å². The van der Waals surface area contributed by atoms with Crippen LogP contribution in [0.15, 0.2) is 64.5 Å². The molecule has 1 aromatic heterocycles. The molecule has 0 aliphatic carbocycles. The molecule has 0 atom stereocenters. The lowest BCUT2D eigenvalue weighted by Gasteiger charge is -2.28. The largest absolute Gasteiger partial charge is 0.497 e. The van der Waals surface area contributed by atoms with E-state index in [0.29, 0.717) is 16.7 Å². The number of ether oxygens (including phenoxy) is 1. The van der Waals surface area contributed by atoms with Crippen LogP contribution in [0.4, 0.5) is 0 Å². The number of halogens is 1. The number of carbonyl (C=O) groups excluding carboxylic acids is 2. The number of thiophene rings is 1. The van der Waals surface area contributed by atoms with Crippen LogP contribution in [-0.4, -0.2) is 23.8 Å². The highest BCUT2D eigenvalue weighted by Gasteiger charge is 2.34. The Labute approximate surface area is 175 Å². The van der Waals surface area contributed by atoms with Gasteiger partial charge >= 0.3 is 0 Å². The van der Waals surface area contributed by atoms with E-state index in [2.05, 4.69) is 15.9 Å². The molecule has 1 aliphatic rings. The second-order valence-corrected chi connectivity index (χ2v) is 8.78. The molecule has 4 rings (SSSR count). The molecule has 28 heavy (non-hydrogen) atoms. The first kappa shape index (κ1) is 18.7. The third-order valence-electron chi connectivity index (χ3n) is 4.55. The van der Waals surface area contributed by atoms with Crippen LogP contribution in [0, 0.1) is 0 Å². The molecule has 0 spiro atoms.